The second-order valence-corrected chi connectivity index (χ2v) is 6.42. The van der Waals surface area contributed by atoms with Gasteiger partial charge in [0, 0.05) is 6.54 Å². The van der Waals surface area contributed by atoms with E-state index in [0.717, 1.165) is 17.5 Å². The average Bonchev–Trinajstić information content (AvgIpc) is 2.54. The predicted molar refractivity (Wildman–Crippen MR) is 93.8 cm³/mol. The van der Waals surface area contributed by atoms with Gasteiger partial charge in [-0.25, -0.2) is 0 Å². The molecule has 0 aliphatic rings. The quantitative estimate of drug-likeness (QED) is 0.736. The van der Waals surface area contributed by atoms with Crippen molar-refractivity contribution < 1.29 is 4.79 Å². The third-order valence-corrected chi connectivity index (χ3v) is 3.91. The second kappa shape index (κ2) is 7.93. The predicted octanol–water partition coefficient (Wildman–Crippen LogP) is 4.52. The molecule has 0 aromatic heterocycles. The monoisotopic (exact) mass is 310 g/mol. The number of carbonyl (C=O) groups is 1. The highest BCUT2D eigenvalue weighted by Gasteiger charge is 2.16. The molecule has 0 saturated carbocycles. The van der Waals surface area contributed by atoms with Crippen LogP contribution in [-0.2, 0) is 17.8 Å². The van der Waals surface area contributed by atoms with Crippen LogP contribution in [0.1, 0.15) is 43.4 Å². The molecule has 122 valence electrons. The van der Waals surface area contributed by atoms with E-state index >= 15 is 0 Å². The molecule has 3 heteroatoms. The highest BCUT2D eigenvalue weighted by atomic mass is 16.5. The summed E-state index contributed by atoms with van der Waals surface area (Å²) >= 11 is 0. The van der Waals surface area contributed by atoms with Gasteiger partial charge in [0.05, 0.1) is 5.92 Å². The van der Waals surface area contributed by atoms with Crippen LogP contribution in [0.25, 0.3) is 0 Å². The van der Waals surface area contributed by atoms with Crippen LogP contribution in [0.3, 0.4) is 0 Å². The van der Waals surface area contributed by atoms with Gasteiger partial charge in [0.1, 0.15) is 0 Å². The third kappa shape index (κ3) is 4.93. The van der Waals surface area contributed by atoms with Gasteiger partial charge in [-0.15, -0.1) is 0 Å². The summed E-state index contributed by atoms with van der Waals surface area (Å²) in [5, 5.41) is 12.7. The molecule has 1 unspecified atom stereocenters. The lowest BCUT2D eigenvalue weighted by Crippen LogP contribution is -2.28. The van der Waals surface area contributed by atoms with Crippen LogP contribution in [0.15, 0.2) is 54.6 Å². The molecule has 0 heterocycles. The van der Waals surface area contributed by atoms with E-state index in [2.05, 4.69) is 13.8 Å². The Bertz CT molecular complexity index is 620. The maximum Gasteiger partial charge on any atom is 0.219 e. The molecule has 0 aliphatic carbocycles. The molecule has 0 N–H and O–H groups in total. The van der Waals surface area contributed by atoms with Crippen LogP contribution in [0.5, 0.6) is 0 Å². The lowest BCUT2D eigenvalue weighted by atomic mass is 9.96. The van der Waals surface area contributed by atoms with E-state index in [1.54, 1.807) is 6.92 Å². The summed E-state index contributed by atoms with van der Waals surface area (Å²) in [6, 6.07) is 17.3. The molecule has 1 amide bonds. The van der Waals surface area contributed by atoms with Crippen molar-refractivity contribution in [3.05, 3.63) is 76.5 Å². The van der Waals surface area contributed by atoms with Crippen molar-refractivity contribution in [3.8, 4) is 0 Å². The zero-order chi connectivity index (χ0) is 16.8. The fraction of sp³-hybridized carbons (Fsp3) is 0.350. The Morgan fingerprint density at radius 1 is 0.957 bits per heavy atom. The van der Waals surface area contributed by atoms with Gasteiger partial charge < -0.3 is 10.3 Å². The van der Waals surface area contributed by atoms with E-state index in [-0.39, 0.29) is 6.54 Å². The van der Waals surface area contributed by atoms with Crippen LogP contribution < -0.4 is 0 Å². The first kappa shape index (κ1) is 17.2. The Kier molecular flexibility index (Phi) is 5.94. The lowest BCUT2D eigenvalue weighted by Gasteiger charge is -2.31. The fourth-order valence-corrected chi connectivity index (χ4v) is 2.60. The first-order valence-corrected chi connectivity index (χ1v) is 8.08. The molecule has 2 aromatic rings. The summed E-state index contributed by atoms with van der Waals surface area (Å²) in [6.07, 6.45) is 1.02. The Hall–Kier alpha value is -2.13. The average molecular weight is 310 g/mol. The van der Waals surface area contributed by atoms with Gasteiger partial charge in [0.25, 0.3) is 0 Å². The number of rotatable bonds is 6. The van der Waals surface area contributed by atoms with Crippen LogP contribution in [0.2, 0.25) is 0 Å². The van der Waals surface area contributed by atoms with Crippen molar-refractivity contribution in [2.24, 2.45) is 5.92 Å². The van der Waals surface area contributed by atoms with E-state index in [1.807, 2.05) is 54.6 Å². The molecule has 2 rings (SSSR count). The number of hydroxylamine groups is 2. The van der Waals surface area contributed by atoms with Gasteiger partial charge in [-0.2, -0.15) is 0 Å². The number of hydrogen-bond donors (Lipinski definition) is 0. The van der Waals surface area contributed by atoms with Gasteiger partial charge >= 0.3 is 0 Å². The summed E-state index contributed by atoms with van der Waals surface area (Å²) in [5.41, 5.74) is 2.98. The molecule has 0 saturated heterocycles. The van der Waals surface area contributed by atoms with Gasteiger partial charge in [-0.3, -0.25) is 4.79 Å². The largest absolute Gasteiger partial charge is 0.756 e. The smallest absolute Gasteiger partial charge is 0.219 e. The number of benzene rings is 2. The maximum atomic E-state index is 12.3. The SMILES string of the molecule is CC(C)Cc1ccc(C(C)C(=O)N([O-])Cc2ccccc2)cc1. The Balaban J connectivity index is 2.01. The van der Waals surface area contributed by atoms with Gasteiger partial charge in [0.2, 0.25) is 5.91 Å². The number of hydrogen-bond acceptors (Lipinski definition) is 2. The standard InChI is InChI=1S/C20H24NO2/c1-15(2)13-17-9-11-19(12-10-17)16(3)20(22)21(23)14-18-7-5-4-6-8-18/h4-12,15-16H,13-14H2,1-3H3/q-1. The Morgan fingerprint density at radius 3 is 2.13 bits per heavy atom. The number of amides is 1. The van der Waals surface area contributed by atoms with E-state index in [0.29, 0.717) is 11.0 Å². The Morgan fingerprint density at radius 2 is 1.57 bits per heavy atom. The first-order valence-electron chi connectivity index (χ1n) is 8.08. The molecule has 0 fully saturated rings. The van der Waals surface area contributed by atoms with Crippen molar-refractivity contribution in [1.82, 2.24) is 5.06 Å². The molecule has 0 aliphatic heterocycles. The van der Waals surface area contributed by atoms with Crippen LogP contribution in [0, 0.1) is 11.1 Å². The van der Waals surface area contributed by atoms with Gasteiger partial charge in [-0.05, 0) is 36.0 Å². The zero-order valence-electron chi connectivity index (χ0n) is 14.0. The van der Waals surface area contributed by atoms with E-state index in [4.69, 9.17) is 0 Å². The summed E-state index contributed by atoms with van der Waals surface area (Å²) in [7, 11) is 0. The number of carbonyl (C=O) groups excluding carboxylic acids is 1. The summed E-state index contributed by atoms with van der Waals surface area (Å²) in [6.45, 7) is 6.24. The molecule has 0 bridgehead atoms. The third-order valence-electron chi connectivity index (χ3n) is 3.91. The van der Waals surface area contributed by atoms with Gasteiger partial charge in [-0.1, -0.05) is 68.4 Å². The first-order chi connectivity index (χ1) is 11.0. The minimum Gasteiger partial charge on any atom is -0.756 e. The van der Waals surface area contributed by atoms with Crippen molar-refractivity contribution >= 4 is 5.91 Å². The minimum absolute atomic E-state index is 0.0927. The van der Waals surface area contributed by atoms with Crippen molar-refractivity contribution in [2.75, 3.05) is 0 Å². The van der Waals surface area contributed by atoms with E-state index < -0.39 is 11.8 Å². The molecular formula is C20H24NO2-. The summed E-state index contributed by atoms with van der Waals surface area (Å²) in [4.78, 5) is 12.3. The van der Waals surface area contributed by atoms with Gasteiger partial charge in [0.15, 0.2) is 0 Å². The highest BCUT2D eigenvalue weighted by Crippen LogP contribution is 2.20. The van der Waals surface area contributed by atoms with E-state index in [1.165, 1.54) is 5.56 Å². The molecular weight excluding hydrogens is 286 g/mol. The molecule has 3 nitrogen and oxygen atoms in total. The summed E-state index contributed by atoms with van der Waals surface area (Å²) in [5.74, 6) is -0.224. The topological polar surface area (TPSA) is 43.4 Å². The molecule has 0 radical (unpaired) electrons. The zero-order valence-corrected chi connectivity index (χ0v) is 14.0. The fourth-order valence-electron chi connectivity index (χ4n) is 2.60. The minimum atomic E-state index is -0.427. The van der Waals surface area contributed by atoms with Crippen LogP contribution in [-0.4, -0.2) is 11.0 Å². The summed E-state index contributed by atoms with van der Waals surface area (Å²) < 4.78 is 0. The normalized spacial score (nSPS) is 12.2. The molecule has 1 atom stereocenters. The number of nitrogens with zero attached hydrogens (tertiary/aromatic N) is 1. The lowest BCUT2D eigenvalue weighted by molar-refractivity contribution is -0.130. The van der Waals surface area contributed by atoms with Crippen molar-refractivity contribution in [1.29, 1.82) is 0 Å². The second-order valence-electron chi connectivity index (χ2n) is 6.42. The van der Waals surface area contributed by atoms with Crippen LogP contribution >= 0.6 is 0 Å². The maximum absolute atomic E-state index is 12.3. The molecule has 0 spiro atoms. The van der Waals surface area contributed by atoms with Crippen molar-refractivity contribution in [3.63, 3.8) is 0 Å². The Labute approximate surface area is 138 Å². The molecule has 2 aromatic carbocycles. The van der Waals surface area contributed by atoms with Crippen molar-refractivity contribution in [2.45, 2.75) is 39.7 Å². The highest BCUT2D eigenvalue weighted by molar-refractivity contribution is 5.83. The van der Waals surface area contributed by atoms with E-state index in [9.17, 15) is 10.0 Å². The molecule has 23 heavy (non-hydrogen) atoms. The van der Waals surface area contributed by atoms with Crippen LogP contribution in [0.4, 0.5) is 0 Å².